The molecule has 0 radical (unpaired) electrons. The van der Waals surface area contributed by atoms with Crippen LogP contribution in [0, 0.1) is 11.3 Å². The Morgan fingerprint density at radius 2 is 2.33 bits per heavy atom. The number of nitrogens with one attached hydrogen (secondary N) is 1. The van der Waals surface area contributed by atoms with Crippen LogP contribution in [0.2, 0.25) is 0 Å². The van der Waals surface area contributed by atoms with E-state index in [1.807, 2.05) is 18.2 Å². The summed E-state index contributed by atoms with van der Waals surface area (Å²) in [4.78, 5) is 0. The molecule has 0 unspecified atom stereocenters. The number of fused-ring (bicyclic) bond motifs is 1. The quantitative estimate of drug-likeness (QED) is 0.626. The number of nitrogens with zero attached hydrogens (tertiary/aromatic N) is 1. The smallest absolute Gasteiger partial charge is 0.0991 e. The summed E-state index contributed by atoms with van der Waals surface area (Å²) in [6.07, 6.45) is 2.26. The van der Waals surface area contributed by atoms with Crippen LogP contribution in [0.25, 0.3) is 0 Å². The Labute approximate surface area is 71.8 Å². The Balaban J connectivity index is 2.44. The predicted molar refractivity (Wildman–Crippen MR) is 48.0 cm³/mol. The second-order valence-corrected chi connectivity index (χ2v) is 3.01. The molecule has 2 rings (SSSR count). The number of rotatable bonds is 0. The number of anilines is 1. The van der Waals surface area contributed by atoms with Crippen LogP contribution in [0.15, 0.2) is 18.2 Å². The monoisotopic (exact) mass is 158 g/mol. The molecule has 1 aromatic carbocycles. The third-order valence-corrected chi connectivity index (χ3v) is 2.17. The highest BCUT2D eigenvalue weighted by Gasteiger charge is 2.07. The lowest BCUT2D eigenvalue weighted by molar-refractivity contribution is 0.830. The minimum atomic E-state index is 0.762. The van der Waals surface area contributed by atoms with Gasteiger partial charge >= 0.3 is 0 Å². The van der Waals surface area contributed by atoms with Gasteiger partial charge in [-0.05, 0) is 36.6 Å². The minimum absolute atomic E-state index is 0.762. The van der Waals surface area contributed by atoms with Crippen molar-refractivity contribution < 1.29 is 0 Å². The van der Waals surface area contributed by atoms with E-state index >= 15 is 0 Å². The number of nitriles is 1. The van der Waals surface area contributed by atoms with Crippen molar-refractivity contribution in [1.82, 2.24) is 0 Å². The molecule has 0 aromatic heterocycles. The lowest BCUT2D eigenvalue weighted by Gasteiger charge is -2.17. The average molecular weight is 158 g/mol. The van der Waals surface area contributed by atoms with Gasteiger partial charge in [-0.3, -0.25) is 0 Å². The van der Waals surface area contributed by atoms with Crippen molar-refractivity contribution in [1.29, 1.82) is 5.26 Å². The topological polar surface area (TPSA) is 35.8 Å². The molecule has 0 saturated heterocycles. The first-order chi connectivity index (χ1) is 5.90. The molecule has 12 heavy (non-hydrogen) atoms. The fraction of sp³-hybridized carbons (Fsp3) is 0.300. The van der Waals surface area contributed by atoms with Crippen molar-refractivity contribution in [3.05, 3.63) is 29.3 Å². The third kappa shape index (κ3) is 1.14. The van der Waals surface area contributed by atoms with Gasteiger partial charge in [-0.25, -0.2) is 0 Å². The Kier molecular flexibility index (Phi) is 1.71. The van der Waals surface area contributed by atoms with Crippen LogP contribution in [0.5, 0.6) is 0 Å². The van der Waals surface area contributed by atoms with Gasteiger partial charge in [0.25, 0.3) is 0 Å². The molecular weight excluding hydrogens is 148 g/mol. The van der Waals surface area contributed by atoms with Gasteiger partial charge in [0, 0.05) is 12.2 Å². The highest BCUT2D eigenvalue weighted by Crippen LogP contribution is 2.22. The summed E-state index contributed by atoms with van der Waals surface area (Å²) in [7, 11) is 0. The van der Waals surface area contributed by atoms with Crippen LogP contribution < -0.4 is 5.32 Å². The van der Waals surface area contributed by atoms with Crippen molar-refractivity contribution in [2.24, 2.45) is 0 Å². The second kappa shape index (κ2) is 2.86. The Morgan fingerprint density at radius 3 is 3.17 bits per heavy atom. The molecule has 1 aliphatic rings. The number of hydrogen-bond donors (Lipinski definition) is 1. The van der Waals surface area contributed by atoms with Crippen LogP contribution in [-0.2, 0) is 6.42 Å². The van der Waals surface area contributed by atoms with Crippen molar-refractivity contribution in [3.8, 4) is 6.07 Å². The van der Waals surface area contributed by atoms with Gasteiger partial charge in [-0.15, -0.1) is 0 Å². The van der Waals surface area contributed by atoms with Gasteiger partial charge < -0.3 is 5.32 Å². The van der Waals surface area contributed by atoms with Crippen molar-refractivity contribution in [3.63, 3.8) is 0 Å². The Morgan fingerprint density at radius 1 is 1.42 bits per heavy atom. The van der Waals surface area contributed by atoms with Crippen LogP contribution in [0.4, 0.5) is 5.69 Å². The molecular formula is C10H10N2. The predicted octanol–water partition coefficient (Wildman–Crippen LogP) is 1.92. The first-order valence-electron chi connectivity index (χ1n) is 4.17. The molecule has 1 aliphatic heterocycles. The number of aryl methyl sites for hydroxylation is 1. The highest BCUT2D eigenvalue weighted by molar-refractivity contribution is 5.56. The maximum Gasteiger partial charge on any atom is 0.0991 e. The van der Waals surface area contributed by atoms with Crippen LogP contribution in [0.1, 0.15) is 17.5 Å². The molecule has 1 N–H and O–H groups in total. The van der Waals surface area contributed by atoms with Crippen molar-refractivity contribution in [2.75, 3.05) is 11.9 Å². The van der Waals surface area contributed by atoms with Crippen LogP contribution >= 0.6 is 0 Å². The van der Waals surface area contributed by atoms with Crippen molar-refractivity contribution in [2.45, 2.75) is 12.8 Å². The number of hydrogen-bond acceptors (Lipinski definition) is 2. The zero-order valence-electron chi connectivity index (χ0n) is 6.80. The van der Waals surface area contributed by atoms with E-state index in [9.17, 15) is 0 Å². The maximum atomic E-state index is 8.67. The molecule has 0 spiro atoms. The Hall–Kier alpha value is -1.49. The van der Waals surface area contributed by atoms with Gasteiger partial charge in [0.1, 0.15) is 0 Å². The van der Waals surface area contributed by atoms with E-state index in [0.717, 1.165) is 18.5 Å². The summed E-state index contributed by atoms with van der Waals surface area (Å²) in [6.45, 7) is 1.05. The van der Waals surface area contributed by atoms with E-state index in [0.29, 0.717) is 0 Å². The summed E-state index contributed by atoms with van der Waals surface area (Å²) in [5.41, 5.74) is 3.23. The summed E-state index contributed by atoms with van der Waals surface area (Å²) >= 11 is 0. The summed E-state index contributed by atoms with van der Waals surface area (Å²) < 4.78 is 0. The Bertz CT molecular complexity index is 336. The van der Waals surface area contributed by atoms with Crippen molar-refractivity contribution >= 4 is 5.69 Å². The molecule has 0 bridgehead atoms. The zero-order chi connectivity index (χ0) is 8.39. The lowest BCUT2D eigenvalue weighted by atomic mass is 10.0. The van der Waals surface area contributed by atoms with Gasteiger partial charge in [-0.1, -0.05) is 0 Å². The normalized spacial score (nSPS) is 14.2. The molecule has 2 heteroatoms. The molecule has 0 fully saturated rings. The summed E-state index contributed by atoms with van der Waals surface area (Å²) in [5, 5.41) is 12.0. The average Bonchev–Trinajstić information content (AvgIpc) is 2.17. The number of benzene rings is 1. The van der Waals surface area contributed by atoms with Gasteiger partial charge in [-0.2, -0.15) is 5.26 Å². The first kappa shape index (κ1) is 7.17. The maximum absolute atomic E-state index is 8.67. The molecule has 0 atom stereocenters. The van der Waals surface area contributed by atoms with Gasteiger partial charge in [0.2, 0.25) is 0 Å². The fourth-order valence-corrected chi connectivity index (χ4v) is 1.54. The molecule has 60 valence electrons. The van der Waals surface area contributed by atoms with E-state index in [2.05, 4.69) is 11.4 Å². The van der Waals surface area contributed by atoms with Gasteiger partial charge in [0.15, 0.2) is 0 Å². The zero-order valence-corrected chi connectivity index (χ0v) is 6.80. The van der Waals surface area contributed by atoms with Crippen LogP contribution in [0.3, 0.4) is 0 Å². The van der Waals surface area contributed by atoms with Gasteiger partial charge in [0.05, 0.1) is 11.6 Å². The minimum Gasteiger partial charge on any atom is -0.385 e. The standard InChI is InChI=1S/C10H10N2/c11-7-8-3-4-10-9(6-8)2-1-5-12-10/h3-4,6,12H,1-2,5H2. The largest absolute Gasteiger partial charge is 0.385 e. The summed E-state index contributed by atoms with van der Waals surface area (Å²) in [5.74, 6) is 0. The molecule has 0 amide bonds. The molecule has 0 saturated carbocycles. The molecule has 1 heterocycles. The van der Waals surface area contributed by atoms with E-state index < -0.39 is 0 Å². The summed E-state index contributed by atoms with van der Waals surface area (Å²) in [6, 6.07) is 7.97. The van der Waals surface area contributed by atoms with Crippen LogP contribution in [-0.4, -0.2) is 6.54 Å². The molecule has 0 aliphatic carbocycles. The molecule has 2 nitrogen and oxygen atoms in total. The van der Waals surface area contributed by atoms with E-state index in [-0.39, 0.29) is 0 Å². The third-order valence-electron chi connectivity index (χ3n) is 2.17. The second-order valence-electron chi connectivity index (χ2n) is 3.01. The van der Waals surface area contributed by atoms with E-state index in [1.54, 1.807) is 0 Å². The highest BCUT2D eigenvalue weighted by atomic mass is 14.9. The lowest BCUT2D eigenvalue weighted by Crippen LogP contribution is -2.11. The van der Waals surface area contributed by atoms with E-state index in [4.69, 9.17) is 5.26 Å². The fourth-order valence-electron chi connectivity index (χ4n) is 1.54. The first-order valence-corrected chi connectivity index (χ1v) is 4.17. The van der Waals surface area contributed by atoms with E-state index in [1.165, 1.54) is 17.7 Å². The SMILES string of the molecule is N#Cc1ccc2c(c1)CCCN2. The molecule has 1 aromatic rings.